The van der Waals surface area contributed by atoms with Crippen LogP contribution in [0.3, 0.4) is 0 Å². The maximum absolute atomic E-state index is 12.6. The Morgan fingerprint density at radius 1 is 1.27 bits per heavy atom. The fourth-order valence-electron chi connectivity index (χ4n) is 3.03. The summed E-state index contributed by atoms with van der Waals surface area (Å²) < 4.78 is 12.1. The first-order chi connectivity index (χ1) is 15.8. The molecule has 0 saturated carbocycles. The first-order valence-corrected chi connectivity index (χ1v) is 11.6. The highest BCUT2D eigenvalue weighted by atomic mass is 32.2. The highest BCUT2D eigenvalue weighted by Gasteiger charge is 2.26. The maximum atomic E-state index is 12.6. The number of aromatic nitrogens is 3. The molecule has 0 fully saturated rings. The molecule has 0 saturated heterocycles. The number of thiophene rings is 1. The molecule has 10 nitrogen and oxygen atoms in total. The van der Waals surface area contributed by atoms with E-state index in [2.05, 4.69) is 15.5 Å². The SMILES string of the molecule is CCOC(=O)c1c(NC(=O)CSc2nnc(-c3cccc(OC)c3)n2C)sc(C(N)=O)c1C. The second-order valence-electron chi connectivity index (χ2n) is 6.78. The van der Waals surface area contributed by atoms with Crippen molar-refractivity contribution >= 4 is 45.9 Å². The molecule has 2 aromatic heterocycles. The van der Waals surface area contributed by atoms with E-state index in [9.17, 15) is 14.4 Å². The van der Waals surface area contributed by atoms with Gasteiger partial charge >= 0.3 is 5.97 Å². The van der Waals surface area contributed by atoms with E-state index in [-0.39, 0.29) is 33.7 Å². The molecule has 3 N–H and O–H groups in total. The number of amides is 2. The van der Waals surface area contributed by atoms with Gasteiger partial charge in [0.25, 0.3) is 5.91 Å². The molecule has 2 heterocycles. The zero-order chi connectivity index (χ0) is 24.1. The largest absolute Gasteiger partial charge is 0.497 e. The molecule has 174 valence electrons. The lowest BCUT2D eigenvalue weighted by atomic mass is 10.1. The minimum atomic E-state index is -0.679. The van der Waals surface area contributed by atoms with Gasteiger partial charge in [0.15, 0.2) is 11.0 Å². The fourth-order valence-corrected chi connectivity index (χ4v) is 4.81. The maximum Gasteiger partial charge on any atom is 0.341 e. The molecule has 3 aromatic rings. The van der Waals surface area contributed by atoms with Gasteiger partial charge in [-0.1, -0.05) is 23.9 Å². The van der Waals surface area contributed by atoms with Gasteiger partial charge in [0.1, 0.15) is 10.8 Å². The van der Waals surface area contributed by atoms with Crippen LogP contribution in [0.2, 0.25) is 0 Å². The second-order valence-corrected chi connectivity index (χ2v) is 8.74. The molecule has 33 heavy (non-hydrogen) atoms. The van der Waals surface area contributed by atoms with Crippen LogP contribution < -0.4 is 15.8 Å². The first kappa shape index (κ1) is 24.3. The predicted octanol–water partition coefficient (Wildman–Crippen LogP) is 2.87. The third-order valence-electron chi connectivity index (χ3n) is 4.60. The van der Waals surface area contributed by atoms with Gasteiger partial charge in [0.2, 0.25) is 5.91 Å². The van der Waals surface area contributed by atoms with Gasteiger partial charge in [-0.3, -0.25) is 9.59 Å². The molecule has 0 atom stereocenters. The summed E-state index contributed by atoms with van der Waals surface area (Å²) in [6.45, 7) is 3.42. The Balaban J connectivity index is 1.74. The zero-order valence-electron chi connectivity index (χ0n) is 18.5. The number of carbonyl (C=O) groups excluding carboxylic acids is 3. The number of primary amides is 1. The summed E-state index contributed by atoms with van der Waals surface area (Å²) in [5.74, 6) is -0.354. The molecule has 3 rings (SSSR count). The van der Waals surface area contributed by atoms with Crippen molar-refractivity contribution < 1.29 is 23.9 Å². The Morgan fingerprint density at radius 2 is 2.03 bits per heavy atom. The first-order valence-electron chi connectivity index (χ1n) is 9.83. The van der Waals surface area contributed by atoms with E-state index in [0.717, 1.165) is 16.9 Å². The summed E-state index contributed by atoms with van der Waals surface area (Å²) >= 11 is 2.13. The molecule has 0 radical (unpaired) electrons. The van der Waals surface area contributed by atoms with E-state index >= 15 is 0 Å². The normalized spacial score (nSPS) is 10.7. The minimum Gasteiger partial charge on any atom is -0.497 e. The van der Waals surface area contributed by atoms with Crippen molar-refractivity contribution in [3.8, 4) is 17.1 Å². The standard InChI is InChI=1S/C21H23N5O5S2/c1-5-31-20(29)15-11(2)16(17(22)28)33-19(15)23-14(27)10-32-21-25-24-18(26(21)3)12-7-6-8-13(9-12)30-4/h6-9H,5,10H2,1-4H3,(H2,22,28)(H,23,27). The van der Waals surface area contributed by atoms with E-state index in [1.165, 1.54) is 11.8 Å². The number of thioether (sulfide) groups is 1. The zero-order valence-corrected chi connectivity index (χ0v) is 20.1. The number of hydrogen-bond acceptors (Lipinski definition) is 9. The number of nitrogens with two attached hydrogens (primary N) is 1. The average Bonchev–Trinajstić information content (AvgIpc) is 3.31. The highest BCUT2D eigenvalue weighted by Crippen LogP contribution is 2.34. The Morgan fingerprint density at radius 3 is 2.70 bits per heavy atom. The number of hydrogen-bond donors (Lipinski definition) is 2. The summed E-state index contributed by atoms with van der Waals surface area (Å²) in [5.41, 5.74) is 6.74. The molecule has 0 aliphatic heterocycles. The summed E-state index contributed by atoms with van der Waals surface area (Å²) in [5, 5.41) is 11.8. The van der Waals surface area contributed by atoms with Crippen molar-refractivity contribution in [2.75, 3.05) is 24.8 Å². The third-order valence-corrected chi connectivity index (χ3v) is 6.84. The molecule has 0 spiro atoms. The fraction of sp³-hybridized carbons (Fsp3) is 0.286. The Kier molecular flexibility index (Phi) is 7.71. The summed E-state index contributed by atoms with van der Waals surface area (Å²) in [6, 6.07) is 7.42. The van der Waals surface area contributed by atoms with Crippen LogP contribution in [0.15, 0.2) is 29.4 Å². The number of methoxy groups -OCH3 is 1. The quantitative estimate of drug-likeness (QED) is 0.346. The van der Waals surface area contributed by atoms with Gasteiger partial charge in [-0.2, -0.15) is 0 Å². The molecule has 12 heteroatoms. The summed E-state index contributed by atoms with van der Waals surface area (Å²) in [6.07, 6.45) is 0. The Hall–Kier alpha value is -3.38. The number of ether oxygens (including phenoxy) is 2. The average molecular weight is 490 g/mol. The van der Waals surface area contributed by atoms with Gasteiger partial charge in [-0.05, 0) is 31.5 Å². The summed E-state index contributed by atoms with van der Waals surface area (Å²) in [7, 11) is 3.39. The van der Waals surface area contributed by atoms with Crippen molar-refractivity contribution in [1.29, 1.82) is 0 Å². The van der Waals surface area contributed by atoms with Crippen molar-refractivity contribution in [3.05, 3.63) is 40.3 Å². The van der Waals surface area contributed by atoms with E-state index in [1.807, 2.05) is 24.3 Å². The monoisotopic (exact) mass is 489 g/mol. The van der Waals surface area contributed by atoms with Gasteiger partial charge in [0, 0.05) is 12.6 Å². The lowest BCUT2D eigenvalue weighted by Crippen LogP contribution is -2.17. The van der Waals surface area contributed by atoms with Crippen LogP contribution in [0, 0.1) is 6.92 Å². The third kappa shape index (κ3) is 5.34. The molecule has 0 aliphatic rings. The van der Waals surface area contributed by atoms with Gasteiger partial charge in [-0.15, -0.1) is 21.5 Å². The Labute approximate surface area is 198 Å². The van der Waals surface area contributed by atoms with E-state index < -0.39 is 11.9 Å². The van der Waals surface area contributed by atoms with Gasteiger partial charge in [0.05, 0.1) is 29.9 Å². The molecule has 0 bridgehead atoms. The van der Waals surface area contributed by atoms with Crippen LogP contribution in [0.1, 0.15) is 32.5 Å². The van der Waals surface area contributed by atoms with E-state index in [1.54, 1.807) is 32.6 Å². The number of carbonyl (C=O) groups is 3. The van der Waals surface area contributed by atoms with Crippen molar-refractivity contribution in [1.82, 2.24) is 14.8 Å². The van der Waals surface area contributed by atoms with Crippen molar-refractivity contribution in [2.45, 2.75) is 19.0 Å². The molecular weight excluding hydrogens is 466 g/mol. The summed E-state index contributed by atoms with van der Waals surface area (Å²) in [4.78, 5) is 36.9. The smallest absolute Gasteiger partial charge is 0.341 e. The van der Waals surface area contributed by atoms with Crippen LogP contribution in [-0.4, -0.2) is 52.0 Å². The molecule has 2 amide bonds. The highest BCUT2D eigenvalue weighted by molar-refractivity contribution is 7.99. The molecule has 1 aromatic carbocycles. The van der Waals surface area contributed by atoms with Gasteiger partial charge < -0.3 is 25.1 Å². The predicted molar refractivity (Wildman–Crippen MR) is 126 cm³/mol. The molecule has 0 aliphatic carbocycles. The molecular formula is C21H23N5O5S2. The van der Waals surface area contributed by atoms with Crippen molar-refractivity contribution in [2.24, 2.45) is 12.8 Å². The Bertz CT molecular complexity index is 1200. The number of nitrogens with one attached hydrogen (secondary N) is 1. The molecule has 0 unspecified atom stereocenters. The minimum absolute atomic E-state index is 0.00913. The lowest BCUT2D eigenvalue weighted by molar-refractivity contribution is -0.113. The topological polar surface area (TPSA) is 138 Å². The van der Waals surface area contributed by atoms with Crippen LogP contribution in [0.4, 0.5) is 5.00 Å². The number of esters is 1. The van der Waals surface area contributed by atoms with E-state index in [0.29, 0.717) is 22.3 Å². The van der Waals surface area contributed by atoms with Gasteiger partial charge in [-0.25, -0.2) is 4.79 Å². The van der Waals surface area contributed by atoms with Crippen LogP contribution in [0.25, 0.3) is 11.4 Å². The number of anilines is 1. The lowest BCUT2D eigenvalue weighted by Gasteiger charge is -2.07. The second kappa shape index (κ2) is 10.5. The van der Waals surface area contributed by atoms with Crippen molar-refractivity contribution in [3.63, 3.8) is 0 Å². The van der Waals surface area contributed by atoms with E-state index in [4.69, 9.17) is 15.2 Å². The van der Waals surface area contributed by atoms with Crippen LogP contribution in [-0.2, 0) is 16.6 Å². The van der Waals surface area contributed by atoms with Crippen LogP contribution >= 0.6 is 23.1 Å². The van der Waals surface area contributed by atoms with Crippen LogP contribution in [0.5, 0.6) is 5.75 Å². The number of benzene rings is 1. The number of rotatable bonds is 9. The number of nitrogens with zero attached hydrogens (tertiary/aromatic N) is 3.